The van der Waals surface area contributed by atoms with Gasteiger partial charge < -0.3 is 18.9 Å². The number of nitriles is 1. The number of thiazole rings is 1. The zero-order chi connectivity index (χ0) is 32.2. The lowest BCUT2D eigenvalue weighted by Gasteiger charge is -2.25. The van der Waals surface area contributed by atoms with Gasteiger partial charge in [-0.3, -0.25) is 9.36 Å². The summed E-state index contributed by atoms with van der Waals surface area (Å²) in [4.78, 5) is 32.4. The van der Waals surface area contributed by atoms with E-state index in [4.69, 9.17) is 18.9 Å². The molecule has 4 aromatic rings. The first kappa shape index (κ1) is 32.5. The number of halogens is 2. The van der Waals surface area contributed by atoms with Gasteiger partial charge in [-0.15, -0.1) is 0 Å². The molecule has 9 nitrogen and oxygen atoms in total. The summed E-state index contributed by atoms with van der Waals surface area (Å²) in [5, 5.41) is 9.42. The van der Waals surface area contributed by atoms with Crippen molar-refractivity contribution in [2.24, 2.45) is 4.99 Å². The van der Waals surface area contributed by atoms with Crippen molar-refractivity contribution in [1.82, 2.24) is 4.57 Å². The number of carbonyl (C=O) groups excluding carboxylic acids is 1. The van der Waals surface area contributed by atoms with E-state index < -0.39 is 12.0 Å². The fourth-order valence-corrected chi connectivity index (χ4v) is 7.37. The number of hydrogen-bond donors (Lipinski definition) is 0. The number of aromatic nitrogens is 1. The average Bonchev–Trinajstić information content (AvgIpc) is 3.33. The summed E-state index contributed by atoms with van der Waals surface area (Å²) in [5.41, 5.74) is 3.20. The van der Waals surface area contributed by atoms with Crippen LogP contribution >= 0.6 is 49.9 Å². The molecule has 0 saturated carbocycles. The second-order valence-corrected chi connectivity index (χ2v) is 12.8. The van der Waals surface area contributed by atoms with Crippen molar-refractivity contribution in [1.29, 1.82) is 5.26 Å². The predicted molar refractivity (Wildman–Crippen MR) is 182 cm³/mol. The minimum atomic E-state index is -0.758. The van der Waals surface area contributed by atoms with Gasteiger partial charge >= 0.3 is 5.97 Å². The maximum Gasteiger partial charge on any atom is 0.338 e. The Morgan fingerprint density at radius 3 is 2.60 bits per heavy atom. The molecular formula is C33H27BrIN3O6S. The van der Waals surface area contributed by atoms with Gasteiger partial charge in [0.2, 0.25) is 0 Å². The van der Waals surface area contributed by atoms with Gasteiger partial charge in [0, 0.05) is 5.56 Å². The molecule has 0 fully saturated rings. The van der Waals surface area contributed by atoms with E-state index >= 15 is 0 Å². The van der Waals surface area contributed by atoms with Gasteiger partial charge in [0.05, 0.1) is 62.3 Å². The normalized spacial score (nSPS) is 14.3. The first-order valence-corrected chi connectivity index (χ1v) is 16.4. The van der Waals surface area contributed by atoms with Crippen LogP contribution in [0.15, 0.2) is 80.1 Å². The van der Waals surface area contributed by atoms with E-state index in [1.54, 1.807) is 52.3 Å². The largest absolute Gasteiger partial charge is 0.496 e. The molecule has 0 spiro atoms. The Morgan fingerprint density at radius 1 is 1.16 bits per heavy atom. The fraction of sp³-hybridized carbons (Fsp3) is 0.212. The smallest absolute Gasteiger partial charge is 0.338 e. The van der Waals surface area contributed by atoms with Gasteiger partial charge in [-0.25, -0.2) is 9.79 Å². The topological polar surface area (TPSA) is 112 Å². The number of rotatable bonds is 9. The summed E-state index contributed by atoms with van der Waals surface area (Å²) in [5.74, 6) is 1.10. The zero-order valence-corrected chi connectivity index (χ0v) is 29.3. The van der Waals surface area contributed by atoms with Crippen molar-refractivity contribution in [3.05, 3.63) is 116 Å². The molecule has 0 amide bonds. The summed E-state index contributed by atoms with van der Waals surface area (Å²) < 4.78 is 26.0. The van der Waals surface area contributed by atoms with Gasteiger partial charge in [0.25, 0.3) is 5.56 Å². The van der Waals surface area contributed by atoms with E-state index in [1.807, 2.05) is 36.4 Å². The van der Waals surface area contributed by atoms with Crippen molar-refractivity contribution >= 4 is 61.9 Å². The third-order valence-corrected chi connectivity index (χ3v) is 9.47. The molecule has 45 heavy (non-hydrogen) atoms. The number of allylic oxidation sites excluding steroid dienone is 1. The Hall–Kier alpha value is -3.93. The van der Waals surface area contributed by atoms with Crippen LogP contribution in [-0.4, -0.2) is 31.4 Å². The molecule has 0 unspecified atom stereocenters. The number of hydrogen-bond acceptors (Lipinski definition) is 9. The number of esters is 1. The van der Waals surface area contributed by atoms with E-state index in [0.29, 0.717) is 53.5 Å². The third-order valence-electron chi connectivity index (χ3n) is 7.07. The molecule has 12 heteroatoms. The molecule has 0 aliphatic carbocycles. The summed E-state index contributed by atoms with van der Waals surface area (Å²) in [6, 6.07) is 17.8. The minimum absolute atomic E-state index is 0.185. The maximum atomic E-state index is 14.1. The molecule has 0 bridgehead atoms. The van der Waals surface area contributed by atoms with Crippen LogP contribution in [-0.2, 0) is 16.1 Å². The Balaban J connectivity index is 1.59. The lowest BCUT2D eigenvalue weighted by atomic mass is 9.96. The molecule has 0 radical (unpaired) electrons. The lowest BCUT2D eigenvalue weighted by Crippen LogP contribution is -2.40. The molecule has 230 valence electrons. The van der Waals surface area contributed by atoms with Crippen LogP contribution in [0.1, 0.15) is 42.1 Å². The Bertz CT molecular complexity index is 2060. The minimum Gasteiger partial charge on any atom is -0.496 e. The Kier molecular flexibility index (Phi) is 10.1. The Labute approximate surface area is 285 Å². The quantitative estimate of drug-likeness (QED) is 0.159. The van der Waals surface area contributed by atoms with Crippen molar-refractivity contribution in [3.63, 3.8) is 0 Å². The number of methoxy groups -OCH3 is 2. The average molecular weight is 800 g/mol. The molecule has 3 aromatic carbocycles. The van der Waals surface area contributed by atoms with Crippen LogP contribution in [0.5, 0.6) is 17.2 Å². The molecule has 0 saturated heterocycles. The molecule has 0 N–H and O–H groups in total. The van der Waals surface area contributed by atoms with Crippen LogP contribution < -0.4 is 29.1 Å². The highest BCUT2D eigenvalue weighted by atomic mass is 127. The van der Waals surface area contributed by atoms with Gasteiger partial charge in [-0.1, -0.05) is 35.6 Å². The van der Waals surface area contributed by atoms with E-state index in [1.165, 1.54) is 15.9 Å². The first-order valence-electron chi connectivity index (χ1n) is 13.7. The van der Waals surface area contributed by atoms with Crippen LogP contribution in [0.25, 0.3) is 6.08 Å². The van der Waals surface area contributed by atoms with Gasteiger partial charge in [-0.2, -0.15) is 5.26 Å². The second kappa shape index (κ2) is 14.0. The second-order valence-electron chi connectivity index (χ2n) is 9.79. The predicted octanol–water partition coefficient (Wildman–Crippen LogP) is 5.63. The summed E-state index contributed by atoms with van der Waals surface area (Å²) in [6.07, 6.45) is 1.77. The first-order chi connectivity index (χ1) is 21.7. The molecular weight excluding hydrogens is 773 g/mol. The van der Waals surface area contributed by atoms with Crippen molar-refractivity contribution in [2.45, 2.75) is 26.5 Å². The van der Waals surface area contributed by atoms with E-state index in [2.05, 4.69) is 49.6 Å². The molecule has 1 aliphatic heterocycles. The maximum absolute atomic E-state index is 14.1. The SMILES string of the molecule is CCOC(=O)C1=C(C)N=c2s/c(=C\c3cc(I)c(OCc4ccccc4C#N)c(OC)c3)c(=O)n2[C@@H]1c1ccc(OC)c(Br)c1. The summed E-state index contributed by atoms with van der Waals surface area (Å²) in [6.45, 7) is 3.86. The molecule has 5 rings (SSSR count). The molecule has 1 atom stereocenters. The highest BCUT2D eigenvalue weighted by Gasteiger charge is 2.33. The van der Waals surface area contributed by atoms with E-state index in [9.17, 15) is 14.9 Å². The van der Waals surface area contributed by atoms with E-state index in [0.717, 1.165) is 14.7 Å². The summed E-state index contributed by atoms with van der Waals surface area (Å²) in [7, 11) is 3.12. The number of carbonyl (C=O) groups is 1. The molecule has 1 aromatic heterocycles. The van der Waals surface area contributed by atoms with Gasteiger partial charge in [0.15, 0.2) is 16.3 Å². The third kappa shape index (κ3) is 6.56. The van der Waals surface area contributed by atoms with Crippen molar-refractivity contribution in [2.75, 3.05) is 20.8 Å². The van der Waals surface area contributed by atoms with E-state index in [-0.39, 0.29) is 18.8 Å². The van der Waals surface area contributed by atoms with Crippen molar-refractivity contribution in [3.8, 4) is 23.3 Å². The van der Waals surface area contributed by atoms with Gasteiger partial charge in [-0.05, 0) is 99.9 Å². The number of benzene rings is 3. The highest BCUT2D eigenvalue weighted by molar-refractivity contribution is 14.1. The Morgan fingerprint density at radius 2 is 1.91 bits per heavy atom. The number of fused-ring (bicyclic) bond motifs is 1. The van der Waals surface area contributed by atoms with Crippen LogP contribution in [0, 0.1) is 14.9 Å². The molecule has 2 heterocycles. The van der Waals surface area contributed by atoms with Crippen LogP contribution in [0.3, 0.4) is 0 Å². The van der Waals surface area contributed by atoms with Crippen LogP contribution in [0.2, 0.25) is 0 Å². The molecule has 1 aliphatic rings. The van der Waals surface area contributed by atoms with Crippen LogP contribution in [0.4, 0.5) is 0 Å². The van der Waals surface area contributed by atoms with Crippen molar-refractivity contribution < 1.29 is 23.7 Å². The summed E-state index contributed by atoms with van der Waals surface area (Å²) >= 11 is 6.93. The number of nitrogens with zero attached hydrogens (tertiary/aromatic N) is 3. The zero-order valence-electron chi connectivity index (χ0n) is 24.7. The highest BCUT2D eigenvalue weighted by Crippen LogP contribution is 2.36. The van der Waals surface area contributed by atoms with Gasteiger partial charge in [0.1, 0.15) is 12.4 Å². The lowest BCUT2D eigenvalue weighted by molar-refractivity contribution is -0.139. The fourth-order valence-electron chi connectivity index (χ4n) is 4.98. The monoisotopic (exact) mass is 799 g/mol. The number of ether oxygens (including phenoxy) is 4. The standard InChI is InChI=1S/C33H27BrIN3O6S/c1-5-43-32(40)28-18(2)37-33-38(29(28)20-10-11-25(41-3)23(34)15-20)31(39)27(45-33)14-19-12-24(35)30(26(13-19)42-4)44-17-22-9-7-6-8-21(22)16-36/h6-15,29H,5,17H2,1-4H3/b27-14-/t29-/m1/s1.